The zero-order valence-corrected chi connectivity index (χ0v) is 13.5. The van der Waals surface area contributed by atoms with Crippen LogP contribution >= 0.6 is 0 Å². The minimum atomic E-state index is -0.258. The number of benzene rings is 1. The second kappa shape index (κ2) is 6.38. The van der Waals surface area contributed by atoms with Gasteiger partial charge in [0.15, 0.2) is 5.79 Å². The fraction of sp³-hybridized carbons (Fsp3) is 0.667. The summed E-state index contributed by atoms with van der Waals surface area (Å²) in [5, 5.41) is 0. The van der Waals surface area contributed by atoms with Crippen molar-refractivity contribution in [1.82, 2.24) is 4.90 Å². The summed E-state index contributed by atoms with van der Waals surface area (Å²) >= 11 is 0. The van der Waals surface area contributed by atoms with Gasteiger partial charge in [0, 0.05) is 50.7 Å². The highest BCUT2D eigenvalue weighted by molar-refractivity contribution is 5.46. The maximum atomic E-state index is 13.0. The van der Waals surface area contributed by atoms with Crippen LogP contribution in [0.5, 0.6) is 0 Å². The Morgan fingerprint density at radius 2 is 1.52 bits per heavy atom. The van der Waals surface area contributed by atoms with E-state index in [1.54, 1.807) is 12.1 Å². The van der Waals surface area contributed by atoms with E-state index in [0.717, 1.165) is 70.8 Å². The van der Waals surface area contributed by atoms with E-state index >= 15 is 0 Å². The van der Waals surface area contributed by atoms with Crippen molar-refractivity contribution in [1.29, 1.82) is 0 Å². The number of rotatable bonds is 2. The molecule has 126 valence electrons. The van der Waals surface area contributed by atoms with Crippen LogP contribution in [0, 0.1) is 5.82 Å². The Kier molecular flexibility index (Phi) is 4.26. The third-order valence-corrected chi connectivity index (χ3v) is 5.55. The number of anilines is 1. The Bertz CT molecular complexity index is 512. The van der Waals surface area contributed by atoms with Crippen molar-refractivity contribution in [2.75, 3.05) is 44.3 Å². The summed E-state index contributed by atoms with van der Waals surface area (Å²) in [6, 6.07) is 7.51. The molecule has 3 aliphatic rings. The first-order valence-corrected chi connectivity index (χ1v) is 8.77. The SMILES string of the molecule is Fc1ccc(N2CCN(C3CCC4(CC3)OCCO4)CC2)cc1. The Morgan fingerprint density at radius 3 is 2.13 bits per heavy atom. The van der Waals surface area contributed by atoms with Crippen LogP contribution in [0.25, 0.3) is 0 Å². The van der Waals surface area contributed by atoms with Gasteiger partial charge in [0.05, 0.1) is 13.2 Å². The molecule has 1 aromatic rings. The van der Waals surface area contributed by atoms with Crippen molar-refractivity contribution >= 4 is 5.69 Å². The third-order valence-electron chi connectivity index (χ3n) is 5.55. The summed E-state index contributed by atoms with van der Waals surface area (Å²) in [5.41, 5.74) is 1.13. The van der Waals surface area contributed by atoms with Gasteiger partial charge in [-0.05, 0) is 37.1 Å². The summed E-state index contributed by atoms with van der Waals surface area (Å²) in [5.74, 6) is -0.424. The first-order valence-electron chi connectivity index (χ1n) is 8.77. The van der Waals surface area contributed by atoms with E-state index in [1.165, 1.54) is 0 Å². The van der Waals surface area contributed by atoms with Crippen LogP contribution in [0.1, 0.15) is 25.7 Å². The second-order valence-electron chi connectivity index (χ2n) is 6.84. The van der Waals surface area contributed by atoms with Gasteiger partial charge in [-0.25, -0.2) is 4.39 Å². The van der Waals surface area contributed by atoms with Gasteiger partial charge in [-0.15, -0.1) is 0 Å². The second-order valence-corrected chi connectivity index (χ2v) is 6.84. The fourth-order valence-corrected chi connectivity index (χ4v) is 4.19. The first-order chi connectivity index (χ1) is 11.2. The standard InChI is InChI=1S/C18H25FN2O2/c19-15-1-3-16(4-2-15)20-9-11-21(12-10-20)17-5-7-18(8-6-17)22-13-14-23-18/h1-4,17H,5-14H2. The van der Waals surface area contributed by atoms with E-state index < -0.39 is 0 Å². The molecule has 3 fully saturated rings. The average molecular weight is 320 g/mol. The number of halogens is 1. The van der Waals surface area contributed by atoms with Gasteiger partial charge in [0.25, 0.3) is 0 Å². The molecule has 2 heterocycles. The molecule has 0 unspecified atom stereocenters. The molecule has 4 nitrogen and oxygen atoms in total. The van der Waals surface area contributed by atoms with E-state index in [4.69, 9.17) is 9.47 Å². The first kappa shape index (κ1) is 15.4. The largest absolute Gasteiger partial charge is 0.369 e. The van der Waals surface area contributed by atoms with Crippen LogP contribution < -0.4 is 4.90 Å². The zero-order chi connectivity index (χ0) is 15.7. The molecule has 0 amide bonds. The molecule has 5 heteroatoms. The van der Waals surface area contributed by atoms with Crippen molar-refractivity contribution in [2.24, 2.45) is 0 Å². The summed E-state index contributed by atoms with van der Waals surface area (Å²) in [7, 11) is 0. The van der Waals surface area contributed by atoms with Crippen LogP contribution in [0.3, 0.4) is 0 Å². The summed E-state index contributed by atoms with van der Waals surface area (Å²) in [6.45, 7) is 5.69. The lowest BCUT2D eigenvalue weighted by Gasteiger charge is -2.44. The van der Waals surface area contributed by atoms with Crippen LogP contribution in [-0.2, 0) is 9.47 Å². The molecule has 1 spiro atoms. The van der Waals surface area contributed by atoms with Crippen molar-refractivity contribution in [2.45, 2.75) is 37.5 Å². The minimum Gasteiger partial charge on any atom is -0.369 e. The molecule has 0 N–H and O–H groups in total. The van der Waals surface area contributed by atoms with E-state index in [1.807, 2.05) is 12.1 Å². The predicted molar refractivity (Wildman–Crippen MR) is 87.1 cm³/mol. The summed E-state index contributed by atoms with van der Waals surface area (Å²) in [4.78, 5) is 4.96. The number of piperazine rings is 1. The lowest BCUT2D eigenvalue weighted by molar-refractivity contribution is -0.184. The van der Waals surface area contributed by atoms with Gasteiger partial charge in [-0.2, -0.15) is 0 Å². The van der Waals surface area contributed by atoms with Gasteiger partial charge in [0.1, 0.15) is 5.82 Å². The maximum absolute atomic E-state index is 13.0. The molecule has 0 aromatic heterocycles. The molecule has 2 aliphatic heterocycles. The lowest BCUT2D eigenvalue weighted by atomic mass is 9.88. The number of ether oxygens (including phenoxy) is 2. The van der Waals surface area contributed by atoms with Gasteiger partial charge in [0.2, 0.25) is 0 Å². The van der Waals surface area contributed by atoms with Gasteiger partial charge in [-0.3, -0.25) is 4.90 Å². The Morgan fingerprint density at radius 1 is 0.913 bits per heavy atom. The van der Waals surface area contributed by atoms with Gasteiger partial charge in [-0.1, -0.05) is 0 Å². The fourth-order valence-electron chi connectivity index (χ4n) is 4.19. The van der Waals surface area contributed by atoms with E-state index in [-0.39, 0.29) is 11.6 Å². The maximum Gasteiger partial charge on any atom is 0.168 e. The monoisotopic (exact) mass is 320 g/mol. The van der Waals surface area contributed by atoms with Crippen molar-refractivity contribution in [3.05, 3.63) is 30.1 Å². The van der Waals surface area contributed by atoms with Crippen LogP contribution in [-0.4, -0.2) is 56.1 Å². The van der Waals surface area contributed by atoms with Crippen molar-refractivity contribution in [3.63, 3.8) is 0 Å². The van der Waals surface area contributed by atoms with Crippen LogP contribution in [0.4, 0.5) is 10.1 Å². The quantitative estimate of drug-likeness (QED) is 0.836. The number of hydrogen-bond acceptors (Lipinski definition) is 4. The average Bonchev–Trinajstić information content (AvgIpc) is 3.05. The van der Waals surface area contributed by atoms with Gasteiger partial charge < -0.3 is 14.4 Å². The minimum absolute atomic E-state index is 0.167. The van der Waals surface area contributed by atoms with Crippen LogP contribution in [0.15, 0.2) is 24.3 Å². The molecule has 1 aromatic carbocycles. The molecule has 23 heavy (non-hydrogen) atoms. The molecule has 0 bridgehead atoms. The Labute approximate surface area is 137 Å². The molecular weight excluding hydrogens is 295 g/mol. The third kappa shape index (κ3) is 3.23. The number of nitrogens with zero attached hydrogens (tertiary/aromatic N) is 2. The normalized spacial score (nSPS) is 26.0. The Balaban J connectivity index is 1.29. The highest BCUT2D eigenvalue weighted by Gasteiger charge is 2.41. The zero-order valence-electron chi connectivity index (χ0n) is 13.5. The smallest absolute Gasteiger partial charge is 0.168 e. The molecular formula is C18H25FN2O2. The Hall–Kier alpha value is -1.17. The van der Waals surface area contributed by atoms with E-state index in [2.05, 4.69) is 9.80 Å². The molecule has 1 saturated carbocycles. The highest BCUT2D eigenvalue weighted by Crippen LogP contribution is 2.37. The summed E-state index contributed by atoms with van der Waals surface area (Å²) in [6.07, 6.45) is 4.37. The van der Waals surface area contributed by atoms with E-state index in [0.29, 0.717) is 6.04 Å². The number of hydrogen-bond donors (Lipinski definition) is 0. The molecule has 4 rings (SSSR count). The highest BCUT2D eigenvalue weighted by atomic mass is 19.1. The molecule has 0 atom stereocenters. The summed E-state index contributed by atoms with van der Waals surface area (Å²) < 4.78 is 24.7. The predicted octanol–water partition coefficient (Wildman–Crippen LogP) is 2.63. The lowest BCUT2D eigenvalue weighted by Crippen LogP contribution is -2.52. The van der Waals surface area contributed by atoms with Gasteiger partial charge >= 0.3 is 0 Å². The molecule has 2 saturated heterocycles. The van der Waals surface area contributed by atoms with Crippen molar-refractivity contribution in [3.8, 4) is 0 Å². The molecule has 1 aliphatic carbocycles. The van der Waals surface area contributed by atoms with Crippen LogP contribution in [0.2, 0.25) is 0 Å². The molecule has 0 radical (unpaired) electrons. The van der Waals surface area contributed by atoms with E-state index in [9.17, 15) is 4.39 Å². The topological polar surface area (TPSA) is 24.9 Å². The van der Waals surface area contributed by atoms with Crippen molar-refractivity contribution < 1.29 is 13.9 Å².